The maximum absolute atomic E-state index is 13.4. The van der Waals surface area contributed by atoms with Crippen LogP contribution in [0.4, 0.5) is 5.82 Å². The highest BCUT2D eigenvalue weighted by Crippen LogP contribution is 2.39. The Morgan fingerprint density at radius 3 is 2.67 bits per heavy atom. The van der Waals surface area contributed by atoms with E-state index < -0.39 is 0 Å². The molecule has 2 heterocycles. The second-order valence-electron chi connectivity index (χ2n) is 9.12. The summed E-state index contributed by atoms with van der Waals surface area (Å²) in [5, 5.41) is 13.9. The molecule has 0 spiro atoms. The third-order valence-corrected chi connectivity index (χ3v) is 8.50. The summed E-state index contributed by atoms with van der Waals surface area (Å²) in [5.41, 5.74) is 1.84. The first kappa shape index (κ1) is 26.5. The van der Waals surface area contributed by atoms with Crippen molar-refractivity contribution in [3.63, 3.8) is 0 Å². The van der Waals surface area contributed by atoms with E-state index in [9.17, 15) is 14.9 Å². The number of rotatable bonds is 8. The summed E-state index contributed by atoms with van der Waals surface area (Å²) in [6.45, 7) is 4.66. The van der Waals surface area contributed by atoms with Crippen molar-refractivity contribution in [1.82, 2.24) is 9.47 Å². The number of halogens is 1. The van der Waals surface area contributed by atoms with Crippen LogP contribution in [0.25, 0.3) is 6.08 Å². The fourth-order valence-electron chi connectivity index (χ4n) is 4.79. The number of carbonyl (C=O) groups excluding carboxylic acids is 1. The molecule has 1 N–H and O–H groups in total. The molecular weight excluding hydrogens is 512 g/mol. The molecule has 6 nitrogen and oxygen atoms in total. The lowest BCUT2D eigenvalue weighted by atomic mass is 10.0. The highest BCUT2D eigenvalue weighted by atomic mass is 35.5. The third-order valence-electron chi connectivity index (χ3n) is 6.80. The van der Waals surface area contributed by atoms with Crippen LogP contribution in [0.2, 0.25) is 5.02 Å². The summed E-state index contributed by atoms with van der Waals surface area (Å²) in [6.07, 6.45) is 7.59. The number of hydrogen-bond donors (Lipinski definition) is 1. The minimum Gasteiger partial charge on any atom is -0.367 e. The van der Waals surface area contributed by atoms with Gasteiger partial charge in [0, 0.05) is 29.7 Å². The predicted octanol–water partition coefficient (Wildman–Crippen LogP) is 6.24. The molecule has 2 fully saturated rings. The number of unbranched alkanes of at least 4 members (excludes halogenated alkanes) is 1. The zero-order valence-electron chi connectivity index (χ0n) is 20.5. The lowest BCUT2D eigenvalue weighted by Gasteiger charge is -2.22. The molecule has 0 atom stereocenters. The van der Waals surface area contributed by atoms with E-state index in [1.807, 2.05) is 24.3 Å². The maximum atomic E-state index is 13.4. The van der Waals surface area contributed by atoms with Gasteiger partial charge in [0.2, 0.25) is 0 Å². The van der Waals surface area contributed by atoms with Crippen molar-refractivity contribution in [2.45, 2.75) is 71.5 Å². The van der Waals surface area contributed by atoms with Gasteiger partial charge in [0.05, 0.1) is 4.91 Å². The van der Waals surface area contributed by atoms with E-state index >= 15 is 0 Å². The van der Waals surface area contributed by atoms with E-state index in [0.717, 1.165) is 44.1 Å². The number of anilines is 1. The molecular formula is C27H29ClN4O2S2. The van der Waals surface area contributed by atoms with Gasteiger partial charge in [-0.1, -0.05) is 80.0 Å². The van der Waals surface area contributed by atoms with Crippen molar-refractivity contribution >= 4 is 57.7 Å². The Labute approximate surface area is 226 Å². The number of benzene rings is 1. The number of thiocarbonyl (C=S) groups is 1. The molecule has 0 unspecified atom stereocenters. The molecule has 9 heteroatoms. The Bertz CT molecular complexity index is 1320. The van der Waals surface area contributed by atoms with E-state index in [4.69, 9.17) is 23.8 Å². The monoisotopic (exact) mass is 540 g/mol. The zero-order chi connectivity index (χ0) is 25.8. The Hall–Kier alpha value is -2.60. The first-order valence-corrected chi connectivity index (χ1v) is 13.9. The minimum atomic E-state index is -0.333. The van der Waals surface area contributed by atoms with Gasteiger partial charge in [-0.3, -0.25) is 19.1 Å². The van der Waals surface area contributed by atoms with Crippen molar-refractivity contribution in [3.05, 3.63) is 66.8 Å². The van der Waals surface area contributed by atoms with Crippen molar-refractivity contribution < 1.29 is 4.79 Å². The van der Waals surface area contributed by atoms with E-state index in [-0.39, 0.29) is 23.1 Å². The second-order valence-corrected chi connectivity index (χ2v) is 11.2. The Morgan fingerprint density at radius 1 is 1.28 bits per heavy atom. The molecule has 0 radical (unpaired) electrons. The molecule has 4 rings (SSSR count). The van der Waals surface area contributed by atoms with Crippen LogP contribution in [0.5, 0.6) is 0 Å². The topological polar surface area (TPSA) is 78.1 Å². The fourth-order valence-corrected chi connectivity index (χ4v) is 6.38. The largest absolute Gasteiger partial charge is 0.367 e. The van der Waals surface area contributed by atoms with Crippen LogP contribution in [0.3, 0.4) is 0 Å². The van der Waals surface area contributed by atoms with Gasteiger partial charge in [-0.2, -0.15) is 5.26 Å². The number of nitrogens with one attached hydrogen (secondary N) is 1. The molecule has 2 aliphatic rings. The number of nitriles is 1. The molecule has 1 amide bonds. The molecule has 188 valence electrons. The van der Waals surface area contributed by atoms with Gasteiger partial charge in [-0.25, -0.2) is 0 Å². The summed E-state index contributed by atoms with van der Waals surface area (Å²) in [6, 6.07) is 9.76. The lowest BCUT2D eigenvalue weighted by Crippen LogP contribution is -2.36. The average Bonchev–Trinajstić information content (AvgIpc) is 3.48. The number of amides is 1. The summed E-state index contributed by atoms with van der Waals surface area (Å²) >= 11 is 13.3. The van der Waals surface area contributed by atoms with Crippen molar-refractivity contribution in [2.24, 2.45) is 0 Å². The highest BCUT2D eigenvalue weighted by molar-refractivity contribution is 8.26. The summed E-state index contributed by atoms with van der Waals surface area (Å²) in [5.74, 6) is 0.481. The molecule has 1 aliphatic heterocycles. The van der Waals surface area contributed by atoms with E-state index in [1.54, 1.807) is 22.5 Å². The number of pyridine rings is 1. The van der Waals surface area contributed by atoms with Crippen LogP contribution in [-0.2, 0) is 17.9 Å². The Morgan fingerprint density at radius 2 is 2.00 bits per heavy atom. The van der Waals surface area contributed by atoms with Gasteiger partial charge in [0.1, 0.15) is 21.8 Å². The van der Waals surface area contributed by atoms with Crippen molar-refractivity contribution in [1.29, 1.82) is 5.26 Å². The average molecular weight is 541 g/mol. The minimum absolute atomic E-state index is 0.0897. The fraction of sp³-hybridized carbons (Fsp3) is 0.407. The van der Waals surface area contributed by atoms with Crippen LogP contribution < -0.4 is 10.9 Å². The van der Waals surface area contributed by atoms with Gasteiger partial charge in [-0.15, -0.1) is 0 Å². The third kappa shape index (κ3) is 5.24. The Balaban J connectivity index is 1.82. The highest BCUT2D eigenvalue weighted by Gasteiger charge is 2.38. The van der Waals surface area contributed by atoms with Gasteiger partial charge in [0.25, 0.3) is 11.5 Å². The maximum Gasteiger partial charge on any atom is 0.270 e. The molecule has 2 aromatic rings. The van der Waals surface area contributed by atoms with E-state index in [0.29, 0.717) is 44.3 Å². The number of nitrogens with zero attached hydrogens (tertiary/aromatic N) is 3. The number of aromatic nitrogens is 1. The molecule has 1 aromatic heterocycles. The van der Waals surface area contributed by atoms with E-state index in [2.05, 4.69) is 18.3 Å². The van der Waals surface area contributed by atoms with Crippen LogP contribution >= 0.6 is 35.6 Å². The molecule has 1 saturated heterocycles. The van der Waals surface area contributed by atoms with Crippen LogP contribution in [0, 0.1) is 18.3 Å². The predicted molar refractivity (Wildman–Crippen MR) is 151 cm³/mol. The normalized spacial score (nSPS) is 17.3. The van der Waals surface area contributed by atoms with E-state index in [1.165, 1.54) is 11.8 Å². The molecule has 1 saturated carbocycles. The first-order valence-electron chi connectivity index (χ1n) is 12.3. The second kappa shape index (κ2) is 11.6. The van der Waals surface area contributed by atoms with Crippen molar-refractivity contribution in [2.75, 3.05) is 5.32 Å². The molecule has 36 heavy (non-hydrogen) atoms. The first-order chi connectivity index (χ1) is 17.4. The lowest BCUT2D eigenvalue weighted by molar-refractivity contribution is -0.123. The summed E-state index contributed by atoms with van der Waals surface area (Å²) < 4.78 is 2.19. The smallest absolute Gasteiger partial charge is 0.270 e. The molecule has 0 bridgehead atoms. The molecule has 1 aliphatic carbocycles. The van der Waals surface area contributed by atoms with Gasteiger partial charge in [0.15, 0.2) is 0 Å². The van der Waals surface area contributed by atoms with Crippen molar-refractivity contribution in [3.8, 4) is 6.07 Å². The summed E-state index contributed by atoms with van der Waals surface area (Å²) in [7, 11) is 0. The van der Waals surface area contributed by atoms with Crippen LogP contribution in [-0.4, -0.2) is 25.7 Å². The van der Waals surface area contributed by atoms with Crippen LogP contribution in [0.15, 0.2) is 34.0 Å². The zero-order valence-corrected chi connectivity index (χ0v) is 22.9. The van der Waals surface area contributed by atoms with Gasteiger partial charge in [-0.05, 0) is 49.5 Å². The number of hydrogen-bond acceptors (Lipinski definition) is 6. The van der Waals surface area contributed by atoms with Crippen LogP contribution in [0.1, 0.15) is 67.7 Å². The van der Waals surface area contributed by atoms with Gasteiger partial charge >= 0.3 is 0 Å². The number of carbonyl (C=O) groups is 1. The molecule has 1 aromatic carbocycles. The summed E-state index contributed by atoms with van der Waals surface area (Å²) in [4.78, 5) is 29.0. The van der Waals surface area contributed by atoms with Gasteiger partial charge < -0.3 is 5.32 Å². The Kier molecular flexibility index (Phi) is 8.55. The standard InChI is InChI=1S/C27H29ClN4O2S2/c1-3-4-13-31-24(30-16-18-9-5-8-12-22(18)28)20(17(2)21(15-29)25(31)33)14-23-26(34)32(27(35)36-23)19-10-6-7-11-19/h5,8-9,12,14,19,30H,3-4,6-7,10-11,13,16H2,1-2H3/b23-14+. The number of thioether (sulfide) groups is 1. The quantitative estimate of drug-likeness (QED) is 0.315. The SMILES string of the molecule is CCCCn1c(NCc2ccccc2Cl)c(/C=C2/SC(=S)N(C3CCCC3)C2=O)c(C)c(C#N)c1=O.